The second-order valence-electron chi connectivity index (χ2n) is 6.08. The second kappa shape index (κ2) is 7.46. The van der Waals surface area contributed by atoms with Gasteiger partial charge < -0.3 is 20.0 Å². The Bertz CT molecular complexity index is 711. The summed E-state index contributed by atoms with van der Waals surface area (Å²) >= 11 is 0. The molecule has 0 radical (unpaired) electrons. The molecule has 1 fully saturated rings. The van der Waals surface area contributed by atoms with E-state index >= 15 is 0 Å². The van der Waals surface area contributed by atoms with Crippen LogP contribution in [0.15, 0.2) is 23.0 Å². The van der Waals surface area contributed by atoms with Crippen molar-refractivity contribution in [2.45, 2.75) is 44.6 Å². The minimum atomic E-state index is -0.269. The lowest BCUT2D eigenvalue weighted by Gasteiger charge is -2.15. The van der Waals surface area contributed by atoms with Crippen molar-refractivity contribution >= 4 is 16.9 Å². The van der Waals surface area contributed by atoms with E-state index in [-0.39, 0.29) is 11.6 Å². The lowest BCUT2D eigenvalue weighted by molar-refractivity contribution is 0.0442. The molecule has 124 valence electrons. The van der Waals surface area contributed by atoms with Crippen molar-refractivity contribution < 1.29 is 9.53 Å². The maximum Gasteiger partial charge on any atom is 0.323 e. The number of imidazole rings is 1. The van der Waals surface area contributed by atoms with Crippen molar-refractivity contribution in [2.24, 2.45) is 0 Å². The Labute approximate surface area is 134 Å². The topological polar surface area (TPSA) is 87.0 Å². The molecule has 3 N–H and O–H groups in total. The zero-order valence-electron chi connectivity index (χ0n) is 13.2. The largest absolute Gasteiger partial charge is 0.376 e. The fourth-order valence-electron chi connectivity index (χ4n) is 3.07. The zero-order chi connectivity index (χ0) is 16.1. The van der Waals surface area contributed by atoms with E-state index in [1.807, 2.05) is 0 Å². The normalized spacial score (nSPS) is 16.3. The van der Waals surface area contributed by atoms with Crippen molar-refractivity contribution in [3.05, 3.63) is 34.2 Å². The van der Waals surface area contributed by atoms with Crippen LogP contribution in [0.1, 0.15) is 48.9 Å². The molecule has 0 saturated heterocycles. The maximum atomic E-state index is 12.1. The number of ether oxygens (including phenoxy) is 1. The van der Waals surface area contributed by atoms with Gasteiger partial charge in [-0.25, -0.2) is 4.79 Å². The van der Waals surface area contributed by atoms with E-state index in [4.69, 9.17) is 4.74 Å². The summed E-state index contributed by atoms with van der Waals surface area (Å²) in [5, 5.41) is 2.86. The number of amides is 1. The van der Waals surface area contributed by atoms with Crippen LogP contribution < -0.4 is 11.0 Å². The number of aromatic amines is 2. The Balaban J connectivity index is 1.47. The van der Waals surface area contributed by atoms with E-state index in [1.165, 1.54) is 25.7 Å². The molecule has 0 atom stereocenters. The van der Waals surface area contributed by atoms with E-state index in [0.29, 0.717) is 35.9 Å². The quantitative estimate of drug-likeness (QED) is 0.584. The van der Waals surface area contributed by atoms with Crippen molar-refractivity contribution in [1.29, 1.82) is 0 Å². The lowest BCUT2D eigenvalue weighted by atomic mass is 10.1. The van der Waals surface area contributed by atoms with Crippen LogP contribution in [-0.2, 0) is 4.74 Å². The monoisotopic (exact) mass is 317 g/mol. The highest BCUT2D eigenvalue weighted by molar-refractivity contribution is 5.97. The Morgan fingerprint density at radius 2 is 1.87 bits per heavy atom. The van der Waals surface area contributed by atoms with Gasteiger partial charge >= 0.3 is 5.69 Å². The van der Waals surface area contributed by atoms with Crippen LogP contribution in [0.3, 0.4) is 0 Å². The summed E-state index contributed by atoms with van der Waals surface area (Å²) in [7, 11) is 0. The molecule has 1 heterocycles. The summed E-state index contributed by atoms with van der Waals surface area (Å²) < 4.78 is 5.86. The standard InChI is InChI=1S/C17H23N3O3/c21-16(12-7-8-14-15(11-12)20-17(22)19-14)18-9-10-23-13-5-3-1-2-4-6-13/h7-8,11,13H,1-6,9-10H2,(H,18,21)(H2,19,20,22). The third-order valence-corrected chi connectivity index (χ3v) is 4.32. The fourth-order valence-corrected chi connectivity index (χ4v) is 3.07. The summed E-state index contributed by atoms with van der Waals surface area (Å²) in [4.78, 5) is 28.7. The smallest absolute Gasteiger partial charge is 0.323 e. The number of carbonyl (C=O) groups is 1. The van der Waals surface area contributed by atoms with Gasteiger partial charge in [-0.05, 0) is 31.0 Å². The molecule has 0 unspecified atom stereocenters. The number of aromatic nitrogens is 2. The summed E-state index contributed by atoms with van der Waals surface area (Å²) in [6.07, 6.45) is 7.70. The van der Waals surface area contributed by atoms with Gasteiger partial charge in [0.15, 0.2) is 0 Å². The third-order valence-electron chi connectivity index (χ3n) is 4.32. The molecule has 0 bridgehead atoms. The first-order valence-corrected chi connectivity index (χ1v) is 8.34. The van der Waals surface area contributed by atoms with Gasteiger partial charge in [0, 0.05) is 12.1 Å². The van der Waals surface area contributed by atoms with Crippen molar-refractivity contribution in [2.75, 3.05) is 13.2 Å². The van der Waals surface area contributed by atoms with Crippen LogP contribution >= 0.6 is 0 Å². The van der Waals surface area contributed by atoms with Crippen LogP contribution in [0.4, 0.5) is 0 Å². The molecule has 0 spiro atoms. The van der Waals surface area contributed by atoms with Gasteiger partial charge in [-0.3, -0.25) is 4.79 Å². The van der Waals surface area contributed by atoms with E-state index in [2.05, 4.69) is 15.3 Å². The molecule has 3 rings (SSSR count). The second-order valence-corrected chi connectivity index (χ2v) is 6.08. The number of hydrogen-bond donors (Lipinski definition) is 3. The highest BCUT2D eigenvalue weighted by Crippen LogP contribution is 2.19. The molecule has 1 aromatic carbocycles. The number of carbonyl (C=O) groups excluding carboxylic acids is 1. The summed E-state index contributed by atoms with van der Waals surface area (Å²) in [5.74, 6) is -0.154. The van der Waals surface area contributed by atoms with Crippen molar-refractivity contribution in [3.8, 4) is 0 Å². The summed E-state index contributed by atoms with van der Waals surface area (Å²) in [5.41, 5.74) is 1.59. The average Bonchev–Trinajstić information content (AvgIpc) is 2.74. The number of benzene rings is 1. The molecule has 1 aromatic heterocycles. The van der Waals surface area contributed by atoms with Gasteiger partial charge in [-0.2, -0.15) is 0 Å². The Hall–Kier alpha value is -2.08. The molecule has 6 nitrogen and oxygen atoms in total. The fraction of sp³-hybridized carbons (Fsp3) is 0.529. The molecule has 1 amide bonds. The number of fused-ring (bicyclic) bond motifs is 1. The molecule has 2 aromatic rings. The highest BCUT2D eigenvalue weighted by Gasteiger charge is 2.12. The molecule has 1 aliphatic rings. The van der Waals surface area contributed by atoms with Crippen LogP contribution in [0.25, 0.3) is 11.0 Å². The van der Waals surface area contributed by atoms with Gasteiger partial charge in [0.05, 0.1) is 23.7 Å². The van der Waals surface area contributed by atoms with Gasteiger partial charge in [0.1, 0.15) is 0 Å². The molecule has 23 heavy (non-hydrogen) atoms. The molecular formula is C17H23N3O3. The Morgan fingerprint density at radius 3 is 2.65 bits per heavy atom. The van der Waals surface area contributed by atoms with Crippen LogP contribution in [0, 0.1) is 0 Å². The minimum absolute atomic E-state index is 0.154. The number of nitrogens with one attached hydrogen (secondary N) is 3. The number of hydrogen-bond acceptors (Lipinski definition) is 3. The van der Waals surface area contributed by atoms with E-state index < -0.39 is 0 Å². The maximum absolute atomic E-state index is 12.1. The number of H-pyrrole nitrogens is 2. The SMILES string of the molecule is O=C(NCCOC1CCCCCC1)c1ccc2[nH]c(=O)[nH]c2c1. The predicted molar refractivity (Wildman–Crippen MR) is 88.7 cm³/mol. The van der Waals surface area contributed by atoms with Gasteiger partial charge in [0.25, 0.3) is 5.91 Å². The minimum Gasteiger partial charge on any atom is -0.376 e. The van der Waals surface area contributed by atoms with Gasteiger partial charge in [-0.1, -0.05) is 25.7 Å². The van der Waals surface area contributed by atoms with Crippen molar-refractivity contribution in [3.63, 3.8) is 0 Å². The Morgan fingerprint density at radius 1 is 1.13 bits per heavy atom. The first-order valence-electron chi connectivity index (χ1n) is 8.34. The van der Waals surface area contributed by atoms with E-state index in [0.717, 1.165) is 12.8 Å². The third kappa shape index (κ3) is 4.22. The van der Waals surface area contributed by atoms with Crippen LogP contribution in [-0.4, -0.2) is 35.1 Å². The predicted octanol–water partition coefficient (Wildman–Crippen LogP) is 2.33. The zero-order valence-corrected chi connectivity index (χ0v) is 13.2. The van der Waals surface area contributed by atoms with Crippen LogP contribution in [0.5, 0.6) is 0 Å². The molecule has 1 saturated carbocycles. The molecule has 6 heteroatoms. The molecule has 0 aliphatic heterocycles. The highest BCUT2D eigenvalue weighted by atomic mass is 16.5. The summed E-state index contributed by atoms with van der Waals surface area (Å²) in [6.45, 7) is 1.04. The molecule has 1 aliphatic carbocycles. The van der Waals surface area contributed by atoms with E-state index in [9.17, 15) is 9.59 Å². The lowest BCUT2D eigenvalue weighted by Crippen LogP contribution is -2.28. The molecular weight excluding hydrogens is 294 g/mol. The first kappa shape index (κ1) is 15.8. The Kier molecular flexibility index (Phi) is 5.12. The van der Waals surface area contributed by atoms with Gasteiger partial charge in [-0.15, -0.1) is 0 Å². The average molecular weight is 317 g/mol. The van der Waals surface area contributed by atoms with E-state index in [1.54, 1.807) is 18.2 Å². The summed E-state index contributed by atoms with van der Waals surface area (Å²) in [6, 6.07) is 5.10. The van der Waals surface area contributed by atoms with Crippen LogP contribution in [0.2, 0.25) is 0 Å². The van der Waals surface area contributed by atoms with Gasteiger partial charge in [0.2, 0.25) is 0 Å². The number of rotatable bonds is 5. The van der Waals surface area contributed by atoms with Crippen molar-refractivity contribution in [1.82, 2.24) is 15.3 Å². The first-order chi connectivity index (χ1) is 11.2.